The van der Waals surface area contributed by atoms with Crippen LogP contribution in [0.1, 0.15) is 342 Å². The van der Waals surface area contributed by atoms with Gasteiger partial charge in [-0.05, 0) is 109 Å². The second kappa shape index (κ2) is 77.6. The molecule has 5 atom stereocenters. The fraction of sp³-hybridized carbons (Fsp3) is 0.729. The standard InChI is InChI=1S/C85H148O16P2/c1-4-7-10-13-16-19-22-25-27-29-31-32-33-34-35-36-37-38-39-40-41-42-43-44-45-46-48-50-51-54-56-59-62-65-68-71-83(88)95-74-80(86)75-97-102(91,92)98-76-81(87)77-99-103(93,94)100-79-82(101-85(90)73-70-67-64-61-58-53-24-21-18-15-12-9-6-3)78-96-84(89)72-69-66-63-60-57-55-52-49-47-30-28-26-23-20-17-14-11-8-5-2/h7-8,10-11,16-17,19-20,25-28,31-32,34-35,37-38,47,49,80-82,86-87H,4-6,9,12-15,18,21-24,29-30,33,36,39-46,48,50-79H2,1-3H3,(H,91,92)(H,93,94)/b10-7-,11-8-,19-16-,20-17-,27-25-,28-26-,32-31-,35-34-,38-37-,49-47-. The Labute approximate surface area is 627 Å². The van der Waals surface area contributed by atoms with Crippen molar-refractivity contribution in [3.05, 3.63) is 122 Å². The van der Waals surface area contributed by atoms with E-state index in [1.54, 1.807) is 0 Å². The Morgan fingerprint density at radius 2 is 0.515 bits per heavy atom. The summed E-state index contributed by atoms with van der Waals surface area (Å²) >= 11 is 0. The normalized spacial score (nSPS) is 14.6. The van der Waals surface area contributed by atoms with Gasteiger partial charge in [-0.15, -0.1) is 0 Å². The molecule has 0 amide bonds. The molecule has 0 aromatic carbocycles. The number of phosphoric ester groups is 2. The third-order valence-corrected chi connectivity index (χ3v) is 19.1. The Bertz CT molecular complexity index is 2360. The van der Waals surface area contributed by atoms with E-state index in [0.29, 0.717) is 19.3 Å². The lowest BCUT2D eigenvalue weighted by atomic mass is 10.0. The summed E-state index contributed by atoms with van der Waals surface area (Å²) in [6.45, 7) is 2.47. The van der Waals surface area contributed by atoms with Crippen molar-refractivity contribution in [1.29, 1.82) is 0 Å². The van der Waals surface area contributed by atoms with E-state index in [4.69, 9.17) is 32.3 Å². The van der Waals surface area contributed by atoms with Gasteiger partial charge in [0.25, 0.3) is 0 Å². The molecular formula is C85H148O16P2. The van der Waals surface area contributed by atoms with Gasteiger partial charge in [-0.1, -0.05) is 335 Å². The van der Waals surface area contributed by atoms with E-state index in [1.807, 2.05) is 0 Å². The number of aliphatic hydroxyl groups is 2. The summed E-state index contributed by atoms with van der Waals surface area (Å²) in [5.74, 6) is -1.58. The molecule has 0 fully saturated rings. The maximum absolute atomic E-state index is 12.9. The van der Waals surface area contributed by atoms with Crippen molar-refractivity contribution < 1.29 is 75.8 Å². The number of aliphatic hydroxyl groups excluding tert-OH is 2. The highest BCUT2D eigenvalue weighted by Crippen LogP contribution is 2.45. The average Bonchev–Trinajstić information content (AvgIpc) is 0.925. The molecule has 0 aliphatic carbocycles. The summed E-state index contributed by atoms with van der Waals surface area (Å²) < 4.78 is 61.1. The second-order valence-electron chi connectivity index (χ2n) is 27.2. The number of ether oxygens (including phenoxy) is 3. The number of esters is 3. The summed E-state index contributed by atoms with van der Waals surface area (Å²) in [7, 11) is -9.78. The average molecular weight is 1490 g/mol. The molecule has 0 bridgehead atoms. The number of unbranched alkanes of at least 4 members (excludes halogenated alkanes) is 34. The molecule has 0 saturated carbocycles. The van der Waals surface area contributed by atoms with Crippen LogP contribution in [0.2, 0.25) is 0 Å². The maximum Gasteiger partial charge on any atom is 0.472 e. The number of hydrogen-bond acceptors (Lipinski definition) is 14. The summed E-state index contributed by atoms with van der Waals surface area (Å²) in [6.07, 6.45) is 92.6. The Kier molecular flexibility index (Phi) is 74.5. The van der Waals surface area contributed by atoms with Crippen molar-refractivity contribution >= 4 is 33.6 Å². The molecule has 103 heavy (non-hydrogen) atoms. The highest BCUT2D eigenvalue weighted by molar-refractivity contribution is 7.47. The van der Waals surface area contributed by atoms with Crippen LogP contribution in [0.5, 0.6) is 0 Å². The van der Waals surface area contributed by atoms with Gasteiger partial charge in [0, 0.05) is 19.3 Å². The van der Waals surface area contributed by atoms with E-state index in [2.05, 4.69) is 142 Å². The molecule has 0 heterocycles. The van der Waals surface area contributed by atoms with E-state index >= 15 is 0 Å². The van der Waals surface area contributed by atoms with E-state index in [0.717, 1.165) is 148 Å². The lowest BCUT2D eigenvalue weighted by Crippen LogP contribution is -2.30. The number of allylic oxidation sites excluding steroid dienone is 20. The van der Waals surface area contributed by atoms with Crippen LogP contribution in [0.4, 0.5) is 0 Å². The first kappa shape index (κ1) is 98.9. The van der Waals surface area contributed by atoms with Crippen LogP contribution < -0.4 is 0 Å². The smallest absolute Gasteiger partial charge is 0.463 e. The Balaban J connectivity index is 4.37. The monoisotopic (exact) mass is 1490 g/mol. The molecular weight excluding hydrogens is 1340 g/mol. The minimum atomic E-state index is -4.93. The first-order chi connectivity index (χ1) is 50.2. The molecule has 0 spiro atoms. The minimum absolute atomic E-state index is 0.104. The van der Waals surface area contributed by atoms with Crippen LogP contribution in [0, 0.1) is 0 Å². The first-order valence-electron chi connectivity index (χ1n) is 40.8. The summed E-state index contributed by atoms with van der Waals surface area (Å²) in [6, 6.07) is 0. The fourth-order valence-electron chi connectivity index (χ4n) is 11.0. The van der Waals surface area contributed by atoms with Gasteiger partial charge >= 0.3 is 33.6 Å². The van der Waals surface area contributed by atoms with Gasteiger partial charge in [-0.2, -0.15) is 0 Å². The van der Waals surface area contributed by atoms with Crippen LogP contribution in [-0.2, 0) is 55.8 Å². The van der Waals surface area contributed by atoms with Crippen LogP contribution in [0.25, 0.3) is 0 Å². The number of phosphoric acid groups is 2. The van der Waals surface area contributed by atoms with Crippen molar-refractivity contribution in [2.45, 2.75) is 360 Å². The molecule has 4 N–H and O–H groups in total. The quantitative estimate of drug-likeness (QED) is 0.0146. The molecule has 16 nitrogen and oxygen atoms in total. The van der Waals surface area contributed by atoms with Gasteiger partial charge in [0.2, 0.25) is 0 Å². The molecule has 0 aliphatic rings. The van der Waals surface area contributed by atoms with Crippen LogP contribution in [0.15, 0.2) is 122 Å². The van der Waals surface area contributed by atoms with Gasteiger partial charge in [-0.3, -0.25) is 32.5 Å². The third kappa shape index (κ3) is 78.8. The molecule has 0 rings (SSSR count). The van der Waals surface area contributed by atoms with E-state index in [-0.39, 0.29) is 19.3 Å². The predicted octanol–water partition coefficient (Wildman–Crippen LogP) is 24.1. The Morgan fingerprint density at radius 1 is 0.282 bits per heavy atom. The summed E-state index contributed by atoms with van der Waals surface area (Å²) in [5.41, 5.74) is 0. The third-order valence-electron chi connectivity index (χ3n) is 17.2. The van der Waals surface area contributed by atoms with Gasteiger partial charge in [0.15, 0.2) is 6.10 Å². The van der Waals surface area contributed by atoms with Gasteiger partial charge in [-0.25, -0.2) is 9.13 Å². The molecule has 594 valence electrons. The highest BCUT2D eigenvalue weighted by Gasteiger charge is 2.29. The van der Waals surface area contributed by atoms with Crippen molar-refractivity contribution in [2.75, 3.05) is 39.6 Å². The molecule has 0 aromatic heterocycles. The predicted molar refractivity (Wildman–Crippen MR) is 427 cm³/mol. The van der Waals surface area contributed by atoms with Crippen LogP contribution >= 0.6 is 15.6 Å². The Morgan fingerprint density at radius 3 is 0.816 bits per heavy atom. The first-order valence-corrected chi connectivity index (χ1v) is 43.8. The lowest BCUT2D eigenvalue weighted by molar-refractivity contribution is -0.161. The summed E-state index contributed by atoms with van der Waals surface area (Å²) in [5, 5.41) is 20.6. The van der Waals surface area contributed by atoms with E-state index < -0.39 is 91.5 Å². The topological polar surface area (TPSA) is 231 Å². The van der Waals surface area contributed by atoms with Gasteiger partial charge in [0.05, 0.1) is 26.4 Å². The molecule has 0 radical (unpaired) electrons. The van der Waals surface area contributed by atoms with Gasteiger partial charge in [0.1, 0.15) is 25.4 Å². The highest BCUT2D eigenvalue weighted by atomic mass is 31.2. The molecule has 0 saturated heterocycles. The zero-order valence-electron chi connectivity index (χ0n) is 65.0. The van der Waals surface area contributed by atoms with Crippen LogP contribution in [-0.4, -0.2) is 95.9 Å². The van der Waals surface area contributed by atoms with Crippen molar-refractivity contribution in [3.8, 4) is 0 Å². The Hall–Kier alpha value is -4.05. The maximum atomic E-state index is 12.9. The van der Waals surface area contributed by atoms with Crippen molar-refractivity contribution in [2.24, 2.45) is 0 Å². The SMILES string of the molecule is CC/C=C\C/C=C\C/C=C\C/C=C\C/C=C\C/C=C\CCCCCCCCCCCCCCCCCCC(=O)OCC(O)COP(=O)(O)OCC(O)COP(=O)(O)OCC(COC(=O)CCCCCCCC/C=C\C/C=C\C/C=C\C/C=C\CC)OC(=O)CCCCCCCCCCCCCCC. The zero-order valence-corrected chi connectivity index (χ0v) is 66.7. The summed E-state index contributed by atoms with van der Waals surface area (Å²) in [4.78, 5) is 58.6. The van der Waals surface area contributed by atoms with E-state index in [1.165, 1.54) is 135 Å². The number of carbonyl (C=O) groups is 3. The fourth-order valence-corrected chi connectivity index (χ4v) is 12.6. The number of rotatable bonds is 77. The molecule has 0 aromatic rings. The number of carbonyl (C=O) groups excluding carboxylic acids is 3. The van der Waals surface area contributed by atoms with Crippen LogP contribution in [0.3, 0.4) is 0 Å². The molecule has 18 heteroatoms. The van der Waals surface area contributed by atoms with Crippen molar-refractivity contribution in [1.82, 2.24) is 0 Å². The van der Waals surface area contributed by atoms with Gasteiger partial charge < -0.3 is 34.2 Å². The largest absolute Gasteiger partial charge is 0.472 e. The zero-order chi connectivity index (χ0) is 75.2. The lowest BCUT2D eigenvalue weighted by Gasteiger charge is -2.21. The molecule has 5 unspecified atom stereocenters. The molecule has 0 aliphatic heterocycles. The minimum Gasteiger partial charge on any atom is -0.463 e. The van der Waals surface area contributed by atoms with Crippen molar-refractivity contribution in [3.63, 3.8) is 0 Å². The van der Waals surface area contributed by atoms with E-state index in [9.17, 15) is 43.5 Å². The second-order valence-corrected chi connectivity index (χ2v) is 30.1. The number of hydrogen-bond donors (Lipinski definition) is 4.